The Hall–Kier alpha value is -8.42. The van der Waals surface area contributed by atoms with Crippen LogP contribution in [0.3, 0.4) is 0 Å². The Balaban J connectivity index is 0.000000176. The molecule has 574 valence electrons. The predicted molar refractivity (Wildman–Crippen MR) is 367 cm³/mol. The minimum atomic E-state index is -1.99. The third-order valence-electron chi connectivity index (χ3n) is 16.9. The summed E-state index contributed by atoms with van der Waals surface area (Å²) < 4.78 is 124. The van der Waals surface area contributed by atoms with E-state index in [2.05, 4.69) is 21.6 Å². The van der Waals surface area contributed by atoms with Crippen LogP contribution in [0.5, 0.6) is 0 Å². The van der Waals surface area contributed by atoms with Crippen molar-refractivity contribution in [1.82, 2.24) is 47.8 Å². The highest BCUT2D eigenvalue weighted by atomic mass is 127. The predicted octanol–water partition coefficient (Wildman–Crippen LogP) is 0.948. The van der Waals surface area contributed by atoms with Crippen LogP contribution >= 0.6 is 45.2 Å². The molecule has 36 nitrogen and oxygen atoms in total. The highest BCUT2D eigenvalue weighted by Gasteiger charge is 2.56. The molecule has 0 unspecified atom stereocenters. The molecular weight excluding hydrogens is 1650 g/mol. The number of nitrogens with one attached hydrogen (secondary N) is 5. The number of aliphatic hydroxyl groups is 5. The van der Waals surface area contributed by atoms with Gasteiger partial charge in [0.15, 0.2) is 67.7 Å². The number of rotatable bonds is 13. The van der Waals surface area contributed by atoms with Gasteiger partial charge in [-0.2, -0.15) is 0 Å². The van der Waals surface area contributed by atoms with Gasteiger partial charge in [0.25, 0.3) is 27.8 Å². The number of hydrogen-bond donors (Lipinski definition) is 10. The fourth-order valence-corrected chi connectivity index (χ4v) is 12.5. The smallest absolute Gasteiger partial charge is 0.340 e. The van der Waals surface area contributed by atoms with E-state index in [1.807, 2.05) is 56.4 Å². The number of azide groups is 1. The molecule has 44 heteroatoms. The fourth-order valence-electron chi connectivity index (χ4n) is 11.0. The van der Waals surface area contributed by atoms with Gasteiger partial charge in [0.1, 0.15) is 36.3 Å². The lowest BCUT2D eigenvalue weighted by molar-refractivity contribution is -0.121. The topological polar surface area (TPSA) is 506 Å². The van der Waals surface area contributed by atoms with E-state index in [0.717, 1.165) is 71.9 Å². The molecule has 0 radical (unpaired) electrons. The number of carbonyl (C=O) groups is 1. The van der Waals surface area contributed by atoms with E-state index >= 15 is 0 Å². The lowest BCUT2D eigenvalue weighted by atomic mass is 10.00. The Morgan fingerprint density at radius 3 is 1.28 bits per heavy atom. The van der Waals surface area contributed by atoms with Crippen molar-refractivity contribution in [3.63, 3.8) is 0 Å². The molecule has 11 heterocycles. The highest BCUT2D eigenvalue weighted by molar-refractivity contribution is 14.1. The van der Waals surface area contributed by atoms with Crippen LogP contribution in [0.1, 0.15) is 82.0 Å². The van der Waals surface area contributed by atoms with E-state index in [-0.39, 0.29) is 34.2 Å². The lowest BCUT2D eigenvalue weighted by Crippen LogP contribution is -2.41. The van der Waals surface area contributed by atoms with Gasteiger partial charge in [0, 0.05) is 86.9 Å². The number of alkyl halides is 8. The first-order valence-corrected chi connectivity index (χ1v) is 34.6. The van der Waals surface area contributed by atoms with Crippen molar-refractivity contribution in [3.8, 4) is 0 Å². The first-order chi connectivity index (χ1) is 49.7. The summed E-state index contributed by atoms with van der Waals surface area (Å²) in [5.74, 6) is -1.20. The van der Waals surface area contributed by atoms with Crippen LogP contribution in [0.15, 0.2) is 157 Å². The molecule has 12 rings (SSSR count). The van der Waals surface area contributed by atoms with Crippen LogP contribution in [0, 0.1) is 11.8 Å². The summed E-state index contributed by atoms with van der Waals surface area (Å²) in [6.07, 6.45) is -18.3. The second kappa shape index (κ2) is 37.2. The molecule has 10 N–H and O–H groups in total. The molecule has 6 aliphatic heterocycles. The number of H-pyrrole nitrogens is 5. The molecule has 0 spiro atoms. The minimum Gasteiger partial charge on any atom is -0.469 e. The van der Waals surface area contributed by atoms with Gasteiger partial charge in [-0.05, 0) is 30.5 Å². The van der Waals surface area contributed by atoms with E-state index < -0.39 is 186 Å². The monoisotopic (exact) mass is 1720 g/mol. The number of aromatic nitrogens is 10. The Kier molecular flexibility index (Phi) is 29.7. The quantitative estimate of drug-likeness (QED) is 0.0146. The molecule has 0 aliphatic carbocycles. The average molecular weight is 1720 g/mol. The minimum absolute atomic E-state index is 0.00892. The molecule has 1 aromatic carbocycles. The summed E-state index contributed by atoms with van der Waals surface area (Å²) in [6.45, 7) is 10.1. The molecular formula is C61H71F6I2N13O23. The normalized spacial score (nSPS) is 32.0. The van der Waals surface area contributed by atoms with Crippen LogP contribution in [-0.4, -0.2) is 193 Å². The summed E-state index contributed by atoms with van der Waals surface area (Å²) in [7, 11) is 0. The van der Waals surface area contributed by atoms with Gasteiger partial charge in [-0.1, -0.05) is 103 Å². The molecule has 0 saturated carbocycles. The van der Waals surface area contributed by atoms with Crippen molar-refractivity contribution in [2.45, 2.75) is 170 Å². The zero-order valence-electron chi connectivity index (χ0n) is 55.3. The largest absolute Gasteiger partial charge is 0.469 e. The Morgan fingerprint density at radius 1 is 0.552 bits per heavy atom. The van der Waals surface area contributed by atoms with E-state index in [0.29, 0.717) is 22.8 Å². The maximum Gasteiger partial charge on any atom is 0.340 e. The molecule has 6 aliphatic rings. The molecule has 23 atom stereocenters. The number of aromatic amines is 5. The molecule has 0 bridgehead atoms. The zero-order chi connectivity index (χ0) is 77.6. The highest BCUT2D eigenvalue weighted by Crippen LogP contribution is 2.42. The van der Waals surface area contributed by atoms with Crippen molar-refractivity contribution in [3.05, 3.63) is 224 Å². The van der Waals surface area contributed by atoms with Crippen molar-refractivity contribution < 1.29 is 89.8 Å². The third-order valence-corrected chi connectivity index (χ3v) is 18.8. The molecule has 6 saturated heterocycles. The maximum absolute atomic E-state index is 14.1. The third kappa shape index (κ3) is 19.6. The Bertz CT molecular complexity index is 4410. The molecule has 5 aromatic heterocycles. The number of carbonyl (C=O) groups excluding carboxylic acids is 1. The SMILES string of the molecule is C=C1O[C@@H](n2ccc(=O)[nH]c2=O)[C@@H](F)[C@@H]1O.CC[C@H]1O[C@@H](n2ccc(=O)[nH]c2=O)[C@@H](F)[C@@H]1C.CC[C@H]1O[C@H](OC(=O)c2ccccc2)[C@@H](F)[C@@H]1C.O=c1ccn([C@@H]2O[C@H](CI)[C@@H](O)[C@@H]2F)c(=O)[nH]1.O=c1ccn([C@@H]2O[C@H](CO)[C@@H](O)[C@@H]2F)c(=O)[nH]1.[N-]=[N+]=N[C@]1(CI)O[C@@H](n2ccc(=O)[nH]c2=O)[C@@H](F)[C@@H]1O. The van der Waals surface area contributed by atoms with Gasteiger partial charge in [0.05, 0.1) is 30.5 Å². The van der Waals surface area contributed by atoms with Gasteiger partial charge in [-0.15, -0.1) is 0 Å². The molecule has 6 aromatic rings. The van der Waals surface area contributed by atoms with E-state index in [1.165, 1.54) is 12.3 Å². The number of esters is 1. The lowest BCUT2D eigenvalue weighted by Gasteiger charge is -2.23. The fraction of sp³-hybridized carbons (Fsp3) is 0.525. The number of hydrogen-bond acceptors (Lipinski definition) is 24. The summed E-state index contributed by atoms with van der Waals surface area (Å²) in [5, 5.41) is 50.2. The van der Waals surface area contributed by atoms with Gasteiger partial charge < -0.3 is 58.7 Å². The van der Waals surface area contributed by atoms with Crippen LogP contribution < -0.4 is 56.2 Å². The average Bonchev–Trinajstić information content (AvgIpc) is 1.61. The van der Waals surface area contributed by atoms with Crippen LogP contribution in [-0.2, 0) is 33.2 Å². The van der Waals surface area contributed by atoms with Crippen LogP contribution in [0.4, 0.5) is 26.3 Å². The summed E-state index contributed by atoms with van der Waals surface area (Å²) in [4.78, 5) is 136. The van der Waals surface area contributed by atoms with Crippen LogP contribution in [0.25, 0.3) is 10.4 Å². The van der Waals surface area contributed by atoms with Crippen molar-refractivity contribution in [2.75, 3.05) is 15.5 Å². The zero-order valence-corrected chi connectivity index (χ0v) is 59.6. The van der Waals surface area contributed by atoms with Crippen molar-refractivity contribution >= 4 is 51.2 Å². The van der Waals surface area contributed by atoms with E-state index in [9.17, 15) is 99.5 Å². The van der Waals surface area contributed by atoms with Crippen molar-refractivity contribution in [1.29, 1.82) is 0 Å². The molecule has 6 fully saturated rings. The summed E-state index contributed by atoms with van der Waals surface area (Å²) in [6, 6.07) is 13.9. The Morgan fingerprint density at radius 2 is 0.933 bits per heavy atom. The standard InChI is InChI=1S/C14H17FO3.C11H15FN2O3.C9H9FIN5O4.C9H10FIN2O4.C9H11FN2O5.C9H9FN2O4/c1-3-11-9(2)12(15)14(17-11)18-13(16)10-7-5-4-6-8-10;1-3-7-6(2)9(12)10(17-7)14-5-4-8(15)13-11(14)16;10-5-6(18)9(3-11,14-15-12)20-7(5)16-2-1-4(17)13-8(16)19;10-6-7(15)4(3-11)17-8(6)13-2-1-5(14)12-9(13)16;10-6-7(15)4(3-13)17-8(6)12-2-1-5(14)11-9(12)16;1-4-7(14)6(10)8(16-4)12-3-2-5(13)11-9(12)15/h4-9,11-12,14H,3H2,1-2H3;4-7,9-10H,3H2,1-2H3,(H,13,15,16);1-2,5-7,18H,3H2,(H,13,17,19);1-2,4,6-8,15H,3H2,(H,12,14,16);1-2,4,6-8,13,15H,3H2,(H,11,14,16);2-3,6-8,14H,1H2,(H,11,13,15)/t9-,11-,12+,14-;6-,7-,9+,10-;5-,6-,7+,9+;2*4-,6+,7-,8-;6-,7+,8+/m110110/s1. The van der Waals surface area contributed by atoms with Crippen LogP contribution in [0.2, 0.25) is 0 Å². The van der Waals surface area contributed by atoms with Crippen molar-refractivity contribution in [2.24, 2.45) is 17.0 Å². The Labute approximate surface area is 611 Å². The number of ether oxygens (including phenoxy) is 7. The van der Waals surface area contributed by atoms with Gasteiger partial charge in [-0.25, -0.2) is 55.1 Å². The van der Waals surface area contributed by atoms with E-state index in [1.54, 1.807) is 66.8 Å². The number of halogens is 8. The van der Waals surface area contributed by atoms with E-state index in [4.69, 9.17) is 43.8 Å². The summed E-state index contributed by atoms with van der Waals surface area (Å²) >= 11 is 3.73. The van der Waals surface area contributed by atoms with Gasteiger partial charge >= 0.3 is 34.4 Å². The number of aliphatic hydroxyl groups excluding tert-OH is 5. The first-order valence-electron chi connectivity index (χ1n) is 31.6. The second-order valence-corrected chi connectivity index (χ2v) is 25.3. The number of nitrogens with zero attached hydrogens (tertiary/aromatic N) is 8. The second-order valence-electron chi connectivity index (χ2n) is 23.7. The molecule has 0 amide bonds. The van der Waals surface area contributed by atoms with Gasteiger partial charge in [0.2, 0.25) is 12.5 Å². The summed E-state index contributed by atoms with van der Waals surface area (Å²) in [5.41, 5.74) is 0.269. The molecule has 105 heavy (non-hydrogen) atoms. The number of benzene rings is 1. The van der Waals surface area contributed by atoms with Gasteiger partial charge in [-0.3, -0.25) is 71.7 Å². The maximum atomic E-state index is 14.1. The first kappa shape index (κ1) is 83.8.